The van der Waals surface area contributed by atoms with Crippen LogP contribution in [0, 0.1) is 6.92 Å². The van der Waals surface area contributed by atoms with Gasteiger partial charge in [0.25, 0.3) is 0 Å². The first-order chi connectivity index (χ1) is 11.6. The van der Waals surface area contributed by atoms with Crippen LogP contribution >= 0.6 is 0 Å². The van der Waals surface area contributed by atoms with Gasteiger partial charge in [-0.25, -0.2) is 0 Å². The quantitative estimate of drug-likeness (QED) is 0.580. The molecule has 1 saturated heterocycles. The second kappa shape index (κ2) is 7.38. The summed E-state index contributed by atoms with van der Waals surface area (Å²) >= 11 is 0. The molecule has 6 heteroatoms. The van der Waals surface area contributed by atoms with Crippen molar-refractivity contribution in [3.63, 3.8) is 0 Å². The zero-order valence-corrected chi connectivity index (χ0v) is 16.3. The van der Waals surface area contributed by atoms with Gasteiger partial charge in [0.1, 0.15) is 5.75 Å². The molecular weight excluding hydrogens is 319 g/mol. The van der Waals surface area contributed by atoms with Crippen LogP contribution in [0.3, 0.4) is 0 Å². The van der Waals surface area contributed by atoms with E-state index in [4.69, 9.17) is 18.8 Å². The van der Waals surface area contributed by atoms with Crippen molar-refractivity contribution in [1.29, 1.82) is 0 Å². The fraction of sp³-hybridized carbons (Fsp3) is 0.632. The van der Waals surface area contributed by atoms with Gasteiger partial charge in [-0.1, -0.05) is 12.1 Å². The molecule has 1 heterocycles. The van der Waals surface area contributed by atoms with Gasteiger partial charge in [-0.05, 0) is 58.7 Å². The Bertz CT molecular complexity index is 610. The van der Waals surface area contributed by atoms with Gasteiger partial charge in [0.15, 0.2) is 0 Å². The number of hydrogen-bond donors (Lipinski definition) is 0. The maximum atomic E-state index is 12.2. The van der Waals surface area contributed by atoms with Crippen LogP contribution in [0.25, 0.3) is 0 Å². The van der Waals surface area contributed by atoms with Crippen LogP contribution in [0.1, 0.15) is 58.0 Å². The second-order valence-electron chi connectivity index (χ2n) is 7.49. The molecule has 0 bridgehead atoms. The van der Waals surface area contributed by atoms with Crippen LogP contribution in [0.4, 0.5) is 0 Å². The summed E-state index contributed by atoms with van der Waals surface area (Å²) in [5, 5.41) is 0. The average Bonchev–Trinajstić information content (AvgIpc) is 2.73. The zero-order chi connectivity index (χ0) is 18.8. The smallest absolute Gasteiger partial charge is 0.466 e. The first kappa shape index (κ1) is 19.8. The molecule has 1 aliphatic rings. The van der Waals surface area contributed by atoms with Crippen LogP contribution < -0.4 is 4.74 Å². The van der Waals surface area contributed by atoms with Crippen molar-refractivity contribution < 1.29 is 23.6 Å². The molecule has 0 aromatic heterocycles. The van der Waals surface area contributed by atoms with Gasteiger partial charge in [0.05, 0.1) is 31.3 Å². The van der Waals surface area contributed by atoms with Crippen molar-refractivity contribution in [1.82, 2.24) is 0 Å². The molecule has 1 aromatic carbocycles. The number of carbonyl (C=O) groups excluding carboxylic acids is 1. The molecule has 0 aliphatic carbocycles. The normalized spacial score (nSPS) is 19.6. The van der Waals surface area contributed by atoms with Crippen molar-refractivity contribution >= 4 is 13.1 Å². The predicted molar refractivity (Wildman–Crippen MR) is 97.8 cm³/mol. The molecule has 1 aliphatic heterocycles. The molecule has 2 rings (SSSR count). The van der Waals surface area contributed by atoms with Crippen LogP contribution in [-0.2, 0) is 18.8 Å². The molecule has 1 aromatic rings. The Labute approximate surface area is 151 Å². The molecule has 0 saturated carbocycles. The molecular formula is C19H29BO5. The Kier molecular flexibility index (Phi) is 5.84. The van der Waals surface area contributed by atoms with E-state index < -0.39 is 18.3 Å². The lowest BCUT2D eigenvalue weighted by molar-refractivity contribution is -0.143. The number of ether oxygens (including phenoxy) is 2. The van der Waals surface area contributed by atoms with Crippen LogP contribution in [0.15, 0.2) is 18.2 Å². The SMILES string of the molecule is CCOC(=O)CC(B1OC(C)(C)C(C)(C)O1)c1ccc(C)cc1OC. The Hall–Kier alpha value is -1.53. The Morgan fingerprint density at radius 1 is 1.20 bits per heavy atom. The van der Waals surface area contributed by atoms with Crippen molar-refractivity contribution in [3.8, 4) is 5.75 Å². The third-order valence-electron chi connectivity index (χ3n) is 5.08. The summed E-state index contributed by atoms with van der Waals surface area (Å²) in [6.45, 7) is 12.2. The van der Waals surface area contributed by atoms with Crippen molar-refractivity contribution in [2.24, 2.45) is 0 Å². The van der Waals surface area contributed by atoms with E-state index in [-0.39, 0.29) is 18.2 Å². The van der Waals surface area contributed by atoms with E-state index in [2.05, 4.69) is 0 Å². The standard InChI is InChI=1S/C19H29BO5/c1-8-23-17(21)12-15(14-10-9-13(2)11-16(14)22-7)20-24-18(3,4)19(5,6)25-20/h9-11,15H,8,12H2,1-7H3. The maximum Gasteiger partial charge on any atom is 0.466 e. The van der Waals surface area contributed by atoms with E-state index in [0.29, 0.717) is 6.61 Å². The predicted octanol–water partition coefficient (Wildman–Crippen LogP) is 3.67. The van der Waals surface area contributed by atoms with Crippen LogP contribution in [0.5, 0.6) is 5.75 Å². The lowest BCUT2D eigenvalue weighted by atomic mass is 9.66. The van der Waals surface area contributed by atoms with Gasteiger partial charge in [-0.2, -0.15) is 0 Å². The maximum absolute atomic E-state index is 12.2. The molecule has 5 nitrogen and oxygen atoms in total. The first-order valence-corrected chi connectivity index (χ1v) is 8.77. The van der Waals surface area contributed by atoms with E-state index in [1.807, 2.05) is 52.8 Å². The monoisotopic (exact) mass is 348 g/mol. The fourth-order valence-corrected chi connectivity index (χ4v) is 2.93. The third kappa shape index (κ3) is 4.18. The number of rotatable bonds is 6. The van der Waals surface area contributed by atoms with E-state index in [1.165, 1.54) is 0 Å². The van der Waals surface area contributed by atoms with Gasteiger partial charge in [0.2, 0.25) is 0 Å². The van der Waals surface area contributed by atoms with Crippen LogP contribution in [-0.4, -0.2) is 38.0 Å². The highest BCUT2D eigenvalue weighted by atomic mass is 16.7. The van der Waals surface area contributed by atoms with Crippen LogP contribution in [0.2, 0.25) is 0 Å². The van der Waals surface area contributed by atoms with E-state index in [9.17, 15) is 4.79 Å². The third-order valence-corrected chi connectivity index (χ3v) is 5.08. The molecule has 1 unspecified atom stereocenters. The Balaban J connectivity index is 2.40. The summed E-state index contributed by atoms with van der Waals surface area (Å²) in [6, 6.07) is 5.93. The minimum Gasteiger partial charge on any atom is -0.496 e. The topological polar surface area (TPSA) is 54.0 Å². The van der Waals surface area contributed by atoms with E-state index in [1.54, 1.807) is 14.0 Å². The van der Waals surface area contributed by atoms with Gasteiger partial charge < -0.3 is 18.8 Å². The molecule has 1 fully saturated rings. The van der Waals surface area contributed by atoms with Crippen molar-refractivity contribution in [2.45, 2.75) is 65.0 Å². The largest absolute Gasteiger partial charge is 0.496 e. The van der Waals surface area contributed by atoms with Crippen molar-refractivity contribution in [2.75, 3.05) is 13.7 Å². The average molecular weight is 348 g/mol. The molecule has 0 spiro atoms. The number of carbonyl (C=O) groups is 1. The minimum absolute atomic E-state index is 0.171. The Morgan fingerprint density at radius 3 is 2.32 bits per heavy atom. The van der Waals surface area contributed by atoms with Gasteiger partial charge in [-0.3, -0.25) is 4.79 Å². The summed E-state index contributed by atoms with van der Waals surface area (Å²) in [6.07, 6.45) is 0.171. The van der Waals surface area contributed by atoms with E-state index >= 15 is 0 Å². The Morgan fingerprint density at radius 2 is 1.80 bits per heavy atom. The van der Waals surface area contributed by atoms with Gasteiger partial charge >= 0.3 is 13.1 Å². The molecule has 0 radical (unpaired) electrons. The first-order valence-electron chi connectivity index (χ1n) is 8.77. The molecule has 138 valence electrons. The minimum atomic E-state index is -0.550. The lowest BCUT2D eigenvalue weighted by Crippen LogP contribution is -2.41. The number of esters is 1. The lowest BCUT2D eigenvalue weighted by Gasteiger charge is -2.32. The molecule has 25 heavy (non-hydrogen) atoms. The highest BCUT2D eigenvalue weighted by Crippen LogP contribution is 2.43. The van der Waals surface area contributed by atoms with Gasteiger partial charge in [0, 0.05) is 5.82 Å². The summed E-state index contributed by atoms with van der Waals surface area (Å²) < 4.78 is 23.1. The summed E-state index contributed by atoms with van der Waals surface area (Å²) in [5.74, 6) is 0.143. The number of benzene rings is 1. The second-order valence-corrected chi connectivity index (χ2v) is 7.49. The fourth-order valence-electron chi connectivity index (χ4n) is 2.93. The zero-order valence-electron chi connectivity index (χ0n) is 16.3. The summed E-state index contributed by atoms with van der Waals surface area (Å²) in [4.78, 5) is 12.2. The van der Waals surface area contributed by atoms with Crippen molar-refractivity contribution in [3.05, 3.63) is 29.3 Å². The molecule has 0 N–H and O–H groups in total. The van der Waals surface area contributed by atoms with Gasteiger partial charge in [-0.15, -0.1) is 0 Å². The number of methoxy groups -OCH3 is 1. The summed E-state index contributed by atoms with van der Waals surface area (Å²) in [5.41, 5.74) is 1.04. The number of hydrogen-bond acceptors (Lipinski definition) is 5. The molecule has 0 amide bonds. The highest BCUT2D eigenvalue weighted by molar-refractivity contribution is 6.48. The highest BCUT2D eigenvalue weighted by Gasteiger charge is 2.54. The number of aryl methyl sites for hydroxylation is 1. The van der Waals surface area contributed by atoms with E-state index in [0.717, 1.165) is 16.9 Å². The molecule has 1 atom stereocenters. The summed E-state index contributed by atoms with van der Waals surface area (Å²) in [7, 11) is 1.08.